The van der Waals surface area contributed by atoms with Gasteiger partial charge in [-0.25, -0.2) is 9.97 Å². The zero-order valence-corrected chi connectivity index (χ0v) is 10.4. The number of nitrogens with two attached hydrogens (primary N) is 1. The van der Waals surface area contributed by atoms with E-state index < -0.39 is 5.91 Å². The molecule has 2 heterocycles. The maximum atomic E-state index is 11.8. The van der Waals surface area contributed by atoms with Crippen molar-refractivity contribution >= 4 is 23.3 Å². The number of carbonyl (C=O) groups excluding carboxylic acids is 1. The van der Waals surface area contributed by atoms with Crippen LogP contribution in [0.3, 0.4) is 0 Å². The molecule has 0 bridgehead atoms. The first-order valence-corrected chi connectivity index (χ1v) is 5.55. The maximum Gasteiger partial charge on any atom is 0.271 e. The van der Waals surface area contributed by atoms with Crippen LogP contribution in [0.2, 0.25) is 5.02 Å². The van der Waals surface area contributed by atoms with Crippen molar-refractivity contribution in [2.45, 2.75) is 13.5 Å². The maximum absolute atomic E-state index is 11.8. The first-order chi connectivity index (χ1) is 8.56. The highest BCUT2D eigenvalue weighted by molar-refractivity contribution is 6.33. The van der Waals surface area contributed by atoms with Crippen LogP contribution in [0.4, 0.5) is 5.82 Å². The van der Waals surface area contributed by atoms with E-state index in [2.05, 4.69) is 15.3 Å². The largest absolute Gasteiger partial charge is 0.444 e. The van der Waals surface area contributed by atoms with Gasteiger partial charge in [0.15, 0.2) is 0 Å². The Morgan fingerprint density at radius 2 is 2.33 bits per heavy atom. The summed E-state index contributed by atoms with van der Waals surface area (Å²) in [5.41, 5.74) is 5.58. The molecule has 18 heavy (non-hydrogen) atoms. The van der Waals surface area contributed by atoms with Crippen LogP contribution in [-0.2, 0) is 6.54 Å². The van der Waals surface area contributed by atoms with E-state index in [1.807, 2.05) is 0 Å². The molecule has 0 aliphatic rings. The lowest BCUT2D eigenvalue weighted by Crippen LogP contribution is -2.24. The summed E-state index contributed by atoms with van der Waals surface area (Å²) in [4.78, 5) is 19.6. The lowest BCUT2D eigenvalue weighted by molar-refractivity contribution is 0.0942. The van der Waals surface area contributed by atoms with Gasteiger partial charge in [0, 0.05) is 0 Å². The van der Waals surface area contributed by atoms with E-state index in [0.717, 1.165) is 0 Å². The fourth-order valence-corrected chi connectivity index (χ4v) is 1.53. The Kier molecular flexibility index (Phi) is 3.47. The van der Waals surface area contributed by atoms with Crippen LogP contribution in [0.15, 0.2) is 22.7 Å². The van der Waals surface area contributed by atoms with Gasteiger partial charge in [-0.05, 0) is 19.1 Å². The van der Waals surface area contributed by atoms with Gasteiger partial charge in [-0.3, -0.25) is 4.79 Å². The minimum Gasteiger partial charge on any atom is -0.444 e. The van der Waals surface area contributed by atoms with E-state index in [0.29, 0.717) is 11.7 Å². The Bertz CT molecular complexity index is 582. The molecule has 3 N–H and O–H groups in total. The Morgan fingerprint density at radius 3 is 3.00 bits per heavy atom. The molecule has 0 atom stereocenters. The molecule has 0 aliphatic heterocycles. The SMILES string of the molecule is Cc1cnc(CNC(=O)c2nc(N)ccc2Cl)o1. The van der Waals surface area contributed by atoms with Crippen molar-refractivity contribution in [3.63, 3.8) is 0 Å². The van der Waals surface area contributed by atoms with E-state index in [4.69, 9.17) is 21.8 Å². The van der Waals surface area contributed by atoms with Crippen molar-refractivity contribution < 1.29 is 9.21 Å². The molecule has 0 saturated carbocycles. The van der Waals surface area contributed by atoms with E-state index in [1.54, 1.807) is 13.1 Å². The number of hydrogen-bond donors (Lipinski definition) is 2. The number of amides is 1. The topological polar surface area (TPSA) is 94.0 Å². The second-order valence-electron chi connectivity index (χ2n) is 3.61. The normalized spacial score (nSPS) is 10.3. The van der Waals surface area contributed by atoms with Crippen LogP contribution in [-0.4, -0.2) is 15.9 Å². The predicted molar refractivity (Wildman–Crippen MR) is 66.1 cm³/mol. The van der Waals surface area contributed by atoms with Crippen LogP contribution < -0.4 is 11.1 Å². The van der Waals surface area contributed by atoms with Crippen LogP contribution in [0.5, 0.6) is 0 Å². The molecule has 0 saturated heterocycles. The first kappa shape index (κ1) is 12.4. The summed E-state index contributed by atoms with van der Waals surface area (Å²) in [6.45, 7) is 1.94. The molecule has 0 aromatic carbocycles. The number of anilines is 1. The highest BCUT2D eigenvalue weighted by Gasteiger charge is 2.13. The summed E-state index contributed by atoms with van der Waals surface area (Å²) in [5.74, 6) is 0.903. The van der Waals surface area contributed by atoms with Gasteiger partial charge in [0.2, 0.25) is 5.89 Å². The van der Waals surface area contributed by atoms with Crippen LogP contribution in [0, 0.1) is 6.92 Å². The van der Waals surface area contributed by atoms with Crippen molar-refractivity contribution in [2.75, 3.05) is 5.73 Å². The van der Waals surface area contributed by atoms with E-state index in [9.17, 15) is 4.79 Å². The molecule has 0 unspecified atom stereocenters. The van der Waals surface area contributed by atoms with Gasteiger partial charge in [0.05, 0.1) is 17.8 Å². The lowest BCUT2D eigenvalue weighted by atomic mass is 10.3. The second kappa shape index (κ2) is 5.05. The standard InChI is InChI=1S/C11H11ClN4O2/c1-6-4-14-9(18-6)5-15-11(17)10-7(12)2-3-8(13)16-10/h2-4H,5H2,1H3,(H2,13,16)(H,15,17). The van der Waals surface area contributed by atoms with E-state index >= 15 is 0 Å². The van der Waals surface area contributed by atoms with Gasteiger partial charge in [0.25, 0.3) is 5.91 Å². The van der Waals surface area contributed by atoms with Gasteiger partial charge in [-0.15, -0.1) is 0 Å². The van der Waals surface area contributed by atoms with Gasteiger partial charge in [-0.1, -0.05) is 11.6 Å². The van der Waals surface area contributed by atoms with Crippen molar-refractivity contribution in [3.05, 3.63) is 40.7 Å². The first-order valence-electron chi connectivity index (χ1n) is 5.18. The second-order valence-corrected chi connectivity index (χ2v) is 4.02. The number of oxazole rings is 1. The molecule has 7 heteroatoms. The molecule has 2 aromatic rings. The molecular formula is C11H11ClN4O2. The summed E-state index contributed by atoms with van der Waals surface area (Å²) >= 11 is 5.86. The molecular weight excluding hydrogens is 256 g/mol. The number of hydrogen-bond acceptors (Lipinski definition) is 5. The number of nitrogens with zero attached hydrogens (tertiary/aromatic N) is 2. The van der Waals surface area contributed by atoms with Crippen molar-refractivity contribution in [3.8, 4) is 0 Å². The Labute approximate surface area is 108 Å². The number of aromatic nitrogens is 2. The van der Waals surface area contributed by atoms with Crippen molar-refractivity contribution in [1.29, 1.82) is 0 Å². The molecule has 94 valence electrons. The van der Waals surface area contributed by atoms with E-state index in [-0.39, 0.29) is 23.1 Å². The van der Waals surface area contributed by atoms with Gasteiger partial charge >= 0.3 is 0 Å². The number of pyridine rings is 1. The molecule has 2 rings (SSSR count). The summed E-state index contributed by atoms with van der Waals surface area (Å²) in [6.07, 6.45) is 1.58. The minimum absolute atomic E-state index is 0.0833. The average molecular weight is 267 g/mol. The predicted octanol–water partition coefficient (Wildman–Crippen LogP) is 1.54. The highest BCUT2D eigenvalue weighted by Crippen LogP contribution is 2.15. The molecule has 0 fully saturated rings. The van der Waals surface area contributed by atoms with Crippen molar-refractivity contribution in [2.24, 2.45) is 0 Å². The minimum atomic E-state index is -0.428. The van der Waals surface area contributed by atoms with Gasteiger partial charge in [0.1, 0.15) is 17.3 Å². The number of nitrogens with one attached hydrogen (secondary N) is 1. The average Bonchev–Trinajstić information content (AvgIpc) is 2.75. The monoisotopic (exact) mass is 266 g/mol. The number of rotatable bonds is 3. The molecule has 6 nitrogen and oxygen atoms in total. The Morgan fingerprint density at radius 1 is 1.56 bits per heavy atom. The van der Waals surface area contributed by atoms with Crippen LogP contribution in [0.25, 0.3) is 0 Å². The molecule has 0 radical (unpaired) electrons. The third-order valence-electron chi connectivity index (χ3n) is 2.15. The fraction of sp³-hybridized carbons (Fsp3) is 0.182. The fourth-order valence-electron chi connectivity index (χ4n) is 1.34. The summed E-state index contributed by atoms with van der Waals surface area (Å²) < 4.78 is 5.22. The molecule has 0 spiro atoms. The smallest absolute Gasteiger partial charge is 0.271 e. The number of aryl methyl sites for hydroxylation is 1. The Hall–Kier alpha value is -2.08. The van der Waals surface area contributed by atoms with Gasteiger partial charge in [-0.2, -0.15) is 0 Å². The molecule has 1 amide bonds. The zero-order chi connectivity index (χ0) is 13.1. The van der Waals surface area contributed by atoms with E-state index in [1.165, 1.54) is 12.1 Å². The third kappa shape index (κ3) is 2.78. The van der Waals surface area contributed by atoms with Crippen molar-refractivity contribution in [1.82, 2.24) is 15.3 Å². The number of nitrogen functional groups attached to an aromatic ring is 1. The Balaban J connectivity index is 2.05. The quantitative estimate of drug-likeness (QED) is 0.879. The van der Waals surface area contributed by atoms with Crippen LogP contribution >= 0.6 is 11.6 Å². The summed E-state index contributed by atoms with van der Waals surface area (Å²) in [6, 6.07) is 3.05. The molecule has 0 aliphatic carbocycles. The lowest BCUT2D eigenvalue weighted by Gasteiger charge is -2.04. The summed E-state index contributed by atoms with van der Waals surface area (Å²) in [7, 11) is 0. The summed E-state index contributed by atoms with van der Waals surface area (Å²) in [5, 5.41) is 2.84. The molecule has 2 aromatic heterocycles. The third-order valence-corrected chi connectivity index (χ3v) is 2.46. The number of halogens is 1. The van der Waals surface area contributed by atoms with Crippen LogP contribution in [0.1, 0.15) is 22.1 Å². The number of carbonyl (C=O) groups is 1. The highest BCUT2D eigenvalue weighted by atomic mass is 35.5. The zero-order valence-electron chi connectivity index (χ0n) is 9.61. The van der Waals surface area contributed by atoms with Gasteiger partial charge < -0.3 is 15.5 Å².